The summed E-state index contributed by atoms with van der Waals surface area (Å²) in [6, 6.07) is 18.0. The van der Waals surface area contributed by atoms with Gasteiger partial charge in [0.1, 0.15) is 0 Å². The molecule has 0 radical (unpaired) electrons. The van der Waals surface area contributed by atoms with Gasteiger partial charge in [-0.2, -0.15) is 5.26 Å². The Kier molecular flexibility index (Phi) is 7.19. The standard InChI is InChI=1S/C20H21N3O3/c21-13-16-7-4-8-17(11-16)14-22-20(26)23-18(9-10-19(24)25)12-15-5-2-1-3-6-15/h1-8,11,18H,9-10,12,14H2,(H,24,25)(H2,22,23,26). The van der Waals surface area contributed by atoms with Crippen LogP contribution < -0.4 is 10.6 Å². The maximum Gasteiger partial charge on any atom is 0.315 e. The van der Waals surface area contributed by atoms with Crippen molar-refractivity contribution in [3.63, 3.8) is 0 Å². The fraction of sp³-hybridized carbons (Fsp3) is 0.250. The lowest BCUT2D eigenvalue weighted by atomic mass is 10.0. The molecule has 0 fully saturated rings. The molecule has 0 aromatic heterocycles. The van der Waals surface area contributed by atoms with Crippen LogP contribution >= 0.6 is 0 Å². The largest absolute Gasteiger partial charge is 0.481 e. The second-order valence-electron chi connectivity index (χ2n) is 5.96. The molecule has 0 saturated carbocycles. The number of nitrogens with one attached hydrogen (secondary N) is 2. The van der Waals surface area contributed by atoms with E-state index in [1.165, 1.54) is 0 Å². The van der Waals surface area contributed by atoms with Crippen molar-refractivity contribution in [3.05, 3.63) is 71.3 Å². The van der Waals surface area contributed by atoms with Gasteiger partial charge in [-0.15, -0.1) is 0 Å². The highest BCUT2D eigenvalue weighted by Gasteiger charge is 2.14. The number of carbonyl (C=O) groups is 2. The summed E-state index contributed by atoms with van der Waals surface area (Å²) in [5, 5.41) is 23.4. The topological polar surface area (TPSA) is 102 Å². The number of carboxylic acid groups (broad SMARTS) is 1. The normalized spacial score (nSPS) is 11.2. The lowest BCUT2D eigenvalue weighted by molar-refractivity contribution is -0.137. The maximum atomic E-state index is 12.2. The molecule has 0 spiro atoms. The summed E-state index contributed by atoms with van der Waals surface area (Å²) < 4.78 is 0. The van der Waals surface area contributed by atoms with E-state index in [1.54, 1.807) is 18.2 Å². The highest BCUT2D eigenvalue weighted by molar-refractivity contribution is 5.74. The van der Waals surface area contributed by atoms with E-state index in [2.05, 4.69) is 16.7 Å². The van der Waals surface area contributed by atoms with Gasteiger partial charge in [-0.25, -0.2) is 4.79 Å². The molecule has 0 saturated heterocycles. The molecular weight excluding hydrogens is 330 g/mol. The van der Waals surface area contributed by atoms with Gasteiger partial charge >= 0.3 is 12.0 Å². The molecule has 1 unspecified atom stereocenters. The van der Waals surface area contributed by atoms with E-state index in [9.17, 15) is 9.59 Å². The Morgan fingerprint density at radius 1 is 1.08 bits per heavy atom. The predicted octanol–water partition coefficient (Wildman–Crippen LogP) is 2.83. The Labute approximate surface area is 152 Å². The van der Waals surface area contributed by atoms with Gasteiger partial charge < -0.3 is 15.7 Å². The number of urea groups is 1. The SMILES string of the molecule is N#Cc1cccc(CNC(=O)NC(CCC(=O)O)Cc2ccccc2)c1. The van der Waals surface area contributed by atoms with E-state index in [-0.39, 0.29) is 18.5 Å². The van der Waals surface area contributed by atoms with Crippen molar-refractivity contribution in [2.45, 2.75) is 31.8 Å². The van der Waals surface area contributed by atoms with Crippen molar-refractivity contribution in [3.8, 4) is 6.07 Å². The van der Waals surface area contributed by atoms with E-state index in [4.69, 9.17) is 10.4 Å². The van der Waals surface area contributed by atoms with Crippen LogP contribution in [0.3, 0.4) is 0 Å². The van der Waals surface area contributed by atoms with Crippen LogP contribution in [0.25, 0.3) is 0 Å². The summed E-state index contributed by atoms with van der Waals surface area (Å²) in [7, 11) is 0. The zero-order chi connectivity index (χ0) is 18.8. The molecule has 6 nitrogen and oxygen atoms in total. The third kappa shape index (κ3) is 6.65. The number of hydrogen-bond donors (Lipinski definition) is 3. The van der Waals surface area contributed by atoms with Crippen LogP contribution in [-0.4, -0.2) is 23.1 Å². The van der Waals surface area contributed by atoms with Gasteiger partial charge in [0.05, 0.1) is 11.6 Å². The lowest BCUT2D eigenvalue weighted by Crippen LogP contribution is -2.43. The molecule has 0 aliphatic carbocycles. The van der Waals surface area contributed by atoms with E-state index in [1.807, 2.05) is 36.4 Å². The predicted molar refractivity (Wildman–Crippen MR) is 97.3 cm³/mol. The van der Waals surface area contributed by atoms with Crippen molar-refractivity contribution in [1.82, 2.24) is 10.6 Å². The maximum absolute atomic E-state index is 12.2. The zero-order valence-corrected chi connectivity index (χ0v) is 14.3. The third-order valence-electron chi connectivity index (χ3n) is 3.88. The smallest absolute Gasteiger partial charge is 0.315 e. The molecule has 1 atom stereocenters. The van der Waals surface area contributed by atoms with E-state index < -0.39 is 5.97 Å². The van der Waals surface area contributed by atoms with Gasteiger partial charge in [0.25, 0.3) is 0 Å². The van der Waals surface area contributed by atoms with Gasteiger partial charge in [-0.3, -0.25) is 4.79 Å². The highest BCUT2D eigenvalue weighted by Crippen LogP contribution is 2.08. The molecule has 26 heavy (non-hydrogen) atoms. The first-order chi connectivity index (χ1) is 12.6. The van der Waals surface area contributed by atoms with E-state index >= 15 is 0 Å². The summed E-state index contributed by atoms with van der Waals surface area (Å²) in [5.74, 6) is -0.890. The Morgan fingerprint density at radius 3 is 2.50 bits per heavy atom. The molecule has 2 rings (SSSR count). The first-order valence-corrected chi connectivity index (χ1v) is 8.36. The van der Waals surface area contributed by atoms with Crippen LogP contribution in [0, 0.1) is 11.3 Å². The van der Waals surface area contributed by atoms with Crippen molar-refractivity contribution < 1.29 is 14.7 Å². The highest BCUT2D eigenvalue weighted by atomic mass is 16.4. The summed E-state index contributed by atoms with van der Waals surface area (Å²) in [5.41, 5.74) is 2.39. The fourth-order valence-corrected chi connectivity index (χ4v) is 2.59. The van der Waals surface area contributed by atoms with Crippen LogP contribution in [-0.2, 0) is 17.8 Å². The van der Waals surface area contributed by atoms with Gasteiger partial charge in [-0.1, -0.05) is 42.5 Å². The van der Waals surface area contributed by atoms with Crippen molar-refractivity contribution in [2.24, 2.45) is 0 Å². The Bertz CT molecular complexity index is 784. The minimum absolute atomic E-state index is 0.0119. The molecule has 2 aromatic carbocycles. The lowest BCUT2D eigenvalue weighted by Gasteiger charge is -2.19. The van der Waals surface area contributed by atoms with Crippen LogP contribution in [0.4, 0.5) is 4.79 Å². The zero-order valence-electron chi connectivity index (χ0n) is 14.3. The van der Waals surface area contributed by atoms with Gasteiger partial charge in [-0.05, 0) is 36.1 Å². The van der Waals surface area contributed by atoms with Gasteiger partial charge in [0.2, 0.25) is 0 Å². The fourth-order valence-electron chi connectivity index (χ4n) is 2.59. The minimum Gasteiger partial charge on any atom is -0.481 e. The molecule has 0 aliphatic heterocycles. The van der Waals surface area contributed by atoms with Crippen molar-refractivity contribution >= 4 is 12.0 Å². The van der Waals surface area contributed by atoms with Crippen LogP contribution in [0.15, 0.2) is 54.6 Å². The molecule has 2 aromatic rings. The number of nitriles is 1. The number of amides is 2. The Hall–Kier alpha value is -3.33. The number of rotatable bonds is 8. The summed E-state index contributed by atoms with van der Waals surface area (Å²) in [6.07, 6.45) is 0.898. The van der Waals surface area contributed by atoms with E-state index in [0.717, 1.165) is 11.1 Å². The second kappa shape index (κ2) is 9.84. The monoisotopic (exact) mass is 351 g/mol. The number of benzene rings is 2. The molecule has 6 heteroatoms. The number of hydrogen-bond acceptors (Lipinski definition) is 3. The molecular formula is C20H21N3O3. The quantitative estimate of drug-likeness (QED) is 0.680. The minimum atomic E-state index is -0.890. The average molecular weight is 351 g/mol. The summed E-state index contributed by atoms with van der Waals surface area (Å²) in [4.78, 5) is 23.0. The molecule has 2 amide bonds. The van der Waals surface area contributed by atoms with Crippen LogP contribution in [0.1, 0.15) is 29.5 Å². The Morgan fingerprint density at radius 2 is 1.81 bits per heavy atom. The Balaban J connectivity index is 1.91. The van der Waals surface area contributed by atoms with Crippen LogP contribution in [0.5, 0.6) is 0 Å². The van der Waals surface area contributed by atoms with E-state index in [0.29, 0.717) is 24.9 Å². The second-order valence-corrected chi connectivity index (χ2v) is 5.96. The molecule has 0 aliphatic rings. The van der Waals surface area contributed by atoms with Crippen LogP contribution in [0.2, 0.25) is 0 Å². The number of nitrogens with zero attached hydrogens (tertiary/aromatic N) is 1. The first-order valence-electron chi connectivity index (χ1n) is 8.36. The summed E-state index contributed by atoms with van der Waals surface area (Å²) >= 11 is 0. The molecule has 3 N–H and O–H groups in total. The first kappa shape index (κ1) is 19.0. The number of aliphatic carboxylic acids is 1. The average Bonchev–Trinajstić information content (AvgIpc) is 2.65. The van der Waals surface area contributed by atoms with Gasteiger partial charge in [0.15, 0.2) is 0 Å². The van der Waals surface area contributed by atoms with Crippen molar-refractivity contribution in [1.29, 1.82) is 5.26 Å². The van der Waals surface area contributed by atoms with Gasteiger partial charge in [0, 0.05) is 19.0 Å². The molecule has 0 bridgehead atoms. The third-order valence-corrected chi connectivity index (χ3v) is 3.88. The van der Waals surface area contributed by atoms with Crippen molar-refractivity contribution in [2.75, 3.05) is 0 Å². The summed E-state index contributed by atoms with van der Waals surface area (Å²) in [6.45, 7) is 0.290. The molecule has 134 valence electrons. The number of carbonyl (C=O) groups excluding carboxylic acids is 1. The molecule has 0 heterocycles. The number of carboxylic acids is 1.